The van der Waals surface area contributed by atoms with E-state index in [1.54, 1.807) is 6.92 Å². The van der Waals surface area contributed by atoms with Gasteiger partial charge < -0.3 is 44.8 Å². The Kier molecular flexibility index (Phi) is 8.01. The summed E-state index contributed by atoms with van der Waals surface area (Å²) in [6, 6.07) is 9.28. The fourth-order valence-corrected chi connectivity index (χ4v) is 5.17. The summed E-state index contributed by atoms with van der Waals surface area (Å²) in [5.41, 5.74) is -6.09. The molecule has 8 atom stereocenters. The Hall–Kier alpha value is -3.36. The highest BCUT2D eigenvalue weighted by Crippen LogP contribution is 2.54. The maximum Gasteiger partial charge on any atom is 0.343 e. The molecule has 4 unspecified atom stereocenters. The van der Waals surface area contributed by atoms with E-state index in [4.69, 9.17) is 14.2 Å². The van der Waals surface area contributed by atoms with Gasteiger partial charge in [0.25, 0.3) is 0 Å². The first-order chi connectivity index (χ1) is 17.6. The van der Waals surface area contributed by atoms with Crippen LogP contribution in [0.2, 0.25) is 0 Å². The molecule has 1 aromatic carbocycles. The van der Waals surface area contributed by atoms with Gasteiger partial charge in [-0.05, 0) is 24.0 Å². The lowest BCUT2D eigenvalue weighted by molar-refractivity contribution is -0.374. The zero-order valence-corrected chi connectivity index (χ0v) is 20.6. The zero-order chi connectivity index (χ0) is 28.6. The van der Waals surface area contributed by atoms with Crippen molar-refractivity contribution in [1.82, 2.24) is 0 Å². The molecule has 6 N–H and O–H groups in total. The average Bonchev–Trinajstić information content (AvgIpc) is 3.04. The number of aliphatic carboxylic acids is 3. The lowest BCUT2D eigenvalue weighted by Crippen LogP contribution is -2.77. The summed E-state index contributed by atoms with van der Waals surface area (Å²) in [5, 5.41) is 61.3. The number of carboxylic acids is 3. The maximum atomic E-state index is 12.2. The third-order valence-corrected chi connectivity index (χ3v) is 7.04. The van der Waals surface area contributed by atoms with E-state index in [0.29, 0.717) is 6.42 Å². The van der Waals surface area contributed by atoms with Crippen LogP contribution in [0.25, 0.3) is 0 Å². The van der Waals surface area contributed by atoms with E-state index in [9.17, 15) is 49.8 Å². The van der Waals surface area contributed by atoms with Crippen LogP contribution in [0, 0.1) is 5.92 Å². The molecule has 0 amide bonds. The van der Waals surface area contributed by atoms with Crippen molar-refractivity contribution >= 4 is 23.9 Å². The molecule has 0 saturated carbocycles. The molecule has 2 heterocycles. The smallest absolute Gasteiger partial charge is 0.343 e. The average molecular weight is 539 g/mol. The predicted molar refractivity (Wildman–Crippen MR) is 125 cm³/mol. The maximum absolute atomic E-state index is 12.2. The van der Waals surface area contributed by atoms with E-state index in [2.05, 4.69) is 6.58 Å². The van der Waals surface area contributed by atoms with Crippen molar-refractivity contribution in [1.29, 1.82) is 0 Å². The molecule has 0 aliphatic carbocycles. The number of carbonyl (C=O) groups excluding carboxylic acids is 1. The second-order valence-corrected chi connectivity index (χ2v) is 9.61. The Morgan fingerprint density at radius 1 is 1.05 bits per heavy atom. The molecule has 2 saturated heterocycles. The fraction of sp³-hybridized carbons (Fsp3) is 0.520. The van der Waals surface area contributed by atoms with E-state index < -0.39 is 71.7 Å². The number of carboxylic acid groups (broad SMARTS) is 3. The largest absolute Gasteiger partial charge is 0.479 e. The van der Waals surface area contributed by atoms with Crippen LogP contribution in [0.5, 0.6) is 0 Å². The lowest BCUT2D eigenvalue weighted by atomic mass is 9.74. The second kappa shape index (κ2) is 10.4. The summed E-state index contributed by atoms with van der Waals surface area (Å²) < 4.78 is 16.0. The molecule has 2 aliphatic rings. The molecule has 3 rings (SSSR count). The van der Waals surface area contributed by atoms with E-state index in [1.807, 2.05) is 30.3 Å². The van der Waals surface area contributed by atoms with Crippen molar-refractivity contribution in [3.05, 3.63) is 48.0 Å². The Labute approximate surface area is 216 Å². The number of ether oxygens (including phenoxy) is 3. The molecular formula is C25H30O13. The van der Waals surface area contributed by atoms with Gasteiger partial charge in [0.1, 0.15) is 18.3 Å². The van der Waals surface area contributed by atoms with Gasteiger partial charge in [-0.2, -0.15) is 0 Å². The first-order valence-corrected chi connectivity index (χ1v) is 11.7. The molecular weight excluding hydrogens is 508 g/mol. The summed E-state index contributed by atoms with van der Waals surface area (Å²) in [6.45, 7) is 6.93. The standard InChI is InChI=1S/C25H30O13/c1-12(16(36-14(3)26)13(2)11-15-7-5-4-6-8-15)9-10-23-17(27)18(28)25(38-23,22(33)34)24(35,21(31)32)19(37-23)20(29)30/h4-8,13,16-19,27-28,35H,1,9-11H2,2-3H3,(H,29,30)(H,31,32)(H,33,34)/t13-,16-,17-,18-,19?,23?,24?,25?/m1/s1. The number of hydrogen-bond donors (Lipinski definition) is 6. The van der Waals surface area contributed by atoms with Crippen LogP contribution in [0.3, 0.4) is 0 Å². The topological polar surface area (TPSA) is 217 Å². The SMILES string of the molecule is C=C(CCC12OC(C(=O)O)C(O)(C(=O)O)C(C(=O)O)(O1)[C@H](O)[C@H]2O)[C@@H](OC(C)=O)[C@H](C)Cc1ccccc1. The van der Waals surface area contributed by atoms with Crippen LogP contribution >= 0.6 is 0 Å². The third kappa shape index (κ3) is 4.56. The fourth-order valence-electron chi connectivity index (χ4n) is 5.17. The number of esters is 1. The summed E-state index contributed by atoms with van der Waals surface area (Å²) in [7, 11) is 0. The second-order valence-electron chi connectivity index (χ2n) is 9.61. The van der Waals surface area contributed by atoms with Crippen molar-refractivity contribution in [3.8, 4) is 0 Å². The van der Waals surface area contributed by atoms with Crippen molar-refractivity contribution < 1.29 is 64.0 Å². The van der Waals surface area contributed by atoms with Gasteiger partial charge in [-0.25, -0.2) is 14.4 Å². The minimum Gasteiger partial charge on any atom is -0.479 e. The molecule has 0 spiro atoms. The highest BCUT2D eigenvalue weighted by Gasteiger charge is 2.84. The van der Waals surface area contributed by atoms with Gasteiger partial charge in [0, 0.05) is 19.3 Å². The Bertz CT molecular complexity index is 1120. The molecule has 13 nitrogen and oxygen atoms in total. The summed E-state index contributed by atoms with van der Waals surface area (Å²) in [6.07, 6.45) is -8.75. The summed E-state index contributed by atoms with van der Waals surface area (Å²) >= 11 is 0. The van der Waals surface area contributed by atoms with E-state index in [0.717, 1.165) is 5.56 Å². The Balaban J connectivity index is 1.93. The first-order valence-electron chi connectivity index (χ1n) is 11.7. The van der Waals surface area contributed by atoms with Gasteiger partial charge >= 0.3 is 23.9 Å². The minimum atomic E-state index is -3.81. The molecule has 1 aromatic rings. The summed E-state index contributed by atoms with van der Waals surface area (Å²) in [4.78, 5) is 47.9. The number of aliphatic hydroxyl groups excluding tert-OH is 2. The third-order valence-electron chi connectivity index (χ3n) is 7.04. The van der Waals surface area contributed by atoms with Gasteiger partial charge in [-0.1, -0.05) is 43.8 Å². The van der Waals surface area contributed by atoms with E-state index >= 15 is 0 Å². The van der Waals surface area contributed by atoms with Gasteiger partial charge in [-0.15, -0.1) is 0 Å². The molecule has 0 aromatic heterocycles. The van der Waals surface area contributed by atoms with E-state index in [-0.39, 0.29) is 17.9 Å². The van der Waals surface area contributed by atoms with Crippen LogP contribution in [0.4, 0.5) is 0 Å². The van der Waals surface area contributed by atoms with Gasteiger partial charge in [-0.3, -0.25) is 4.79 Å². The van der Waals surface area contributed by atoms with Crippen LogP contribution in [0.1, 0.15) is 32.3 Å². The predicted octanol–water partition coefficient (Wildman–Crippen LogP) is -0.296. The highest BCUT2D eigenvalue weighted by atomic mass is 16.8. The Morgan fingerprint density at radius 3 is 2.16 bits per heavy atom. The molecule has 2 fully saturated rings. The summed E-state index contributed by atoms with van der Waals surface area (Å²) in [5.74, 6) is -10.1. The molecule has 13 heteroatoms. The molecule has 0 radical (unpaired) electrons. The van der Waals surface area contributed by atoms with Gasteiger partial charge in [0.15, 0.2) is 5.79 Å². The number of fused-ring (bicyclic) bond motifs is 2. The molecule has 38 heavy (non-hydrogen) atoms. The zero-order valence-electron chi connectivity index (χ0n) is 20.6. The number of aliphatic hydroxyl groups is 3. The first kappa shape index (κ1) is 29.2. The Morgan fingerprint density at radius 2 is 1.66 bits per heavy atom. The van der Waals surface area contributed by atoms with Crippen molar-refractivity contribution in [2.45, 2.75) is 74.5 Å². The van der Waals surface area contributed by atoms with Gasteiger partial charge in [0.2, 0.25) is 17.3 Å². The highest BCUT2D eigenvalue weighted by molar-refractivity contribution is 5.97. The van der Waals surface area contributed by atoms with Crippen molar-refractivity contribution in [2.75, 3.05) is 0 Å². The van der Waals surface area contributed by atoms with Crippen molar-refractivity contribution in [3.63, 3.8) is 0 Å². The van der Waals surface area contributed by atoms with Crippen LogP contribution < -0.4 is 0 Å². The number of carbonyl (C=O) groups is 4. The number of hydrogen-bond acceptors (Lipinski definition) is 10. The lowest BCUT2D eigenvalue weighted by Gasteiger charge is -2.48. The van der Waals surface area contributed by atoms with Crippen LogP contribution in [-0.4, -0.2) is 95.9 Å². The van der Waals surface area contributed by atoms with Gasteiger partial charge in [0.05, 0.1) is 0 Å². The normalized spacial score (nSPS) is 33.7. The van der Waals surface area contributed by atoms with Crippen LogP contribution in [-0.2, 0) is 39.8 Å². The monoisotopic (exact) mass is 538 g/mol. The van der Waals surface area contributed by atoms with Crippen molar-refractivity contribution in [2.24, 2.45) is 5.92 Å². The quantitative estimate of drug-likeness (QED) is 0.158. The number of benzene rings is 1. The van der Waals surface area contributed by atoms with E-state index in [1.165, 1.54) is 6.92 Å². The van der Waals surface area contributed by atoms with Crippen LogP contribution in [0.15, 0.2) is 42.5 Å². The molecule has 208 valence electrons. The molecule has 2 bridgehead atoms. The minimum absolute atomic E-state index is 0.200. The molecule has 2 aliphatic heterocycles. The number of rotatable bonds is 11.